The first-order chi connectivity index (χ1) is 15.0. The predicted molar refractivity (Wildman–Crippen MR) is 122 cm³/mol. The lowest BCUT2D eigenvalue weighted by molar-refractivity contribution is 0.315. The number of anilines is 1. The molecule has 0 radical (unpaired) electrons. The molecule has 1 aromatic carbocycles. The van der Waals surface area contributed by atoms with Crippen LogP contribution < -0.4 is 4.90 Å². The average molecular weight is 455 g/mol. The number of sulfonamides is 1. The van der Waals surface area contributed by atoms with Crippen LogP contribution in [0.3, 0.4) is 0 Å². The standard InChI is InChI=1S/C22H22N4O3S2/c27-20-7-5-18(6-8-20)26-13-12-25(31(28,29)21-4-2-14-30-21)16-19(26)15-24-11-9-17-3-1-10-23-22(17)24/h1-11,14,19,27H,12-13,15-16H2/t19-/m0/s1. The minimum absolute atomic E-state index is 0.0920. The first kappa shape index (κ1) is 20.0. The van der Waals surface area contributed by atoms with Crippen LogP contribution in [-0.2, 0) is 16.6 Å². The van der Waals surface area contributed by atoms with E-state index >= 15 is 0 Å². The number of pyridine rings is 1. The number of hydrogen-bond donors (Lipinski definition) is 1. The third-order valence-electron chi connectivity index (χ3n) is 5.65. The fraction of sp³-hybridized carbons (Fsp3) is 0.227. The van der Waals surface area contributed by atoms with Crippen LogP contribution in [0.2, 0.25) is 0 Å². The van der Waals surface area contributed by atoms with Crippen molar-refractivity contribution in [3.63, 3.8) is 0 Å². The molecule has 160 valence electrons. The van der Waals surface area contributed by atoms with E-state index in [9.17, 15) is 13.5 Å². The molecule has 1 N–H and O–H groups in total. The van der Waals surface area contributed by atoms with Gasteiger partial charge in [0.25, 0.3) is 10.0 Å². The quantitative estimate of drug-likeness (QED) is 0.500. The van der Waals surface area contributed by atoms with E-state index in [2.05, 4.69) is 14.5 Å². The van der Waals surface area contributed by atoms with Crippen molar-refractivity contribution in [1.82, 2.24) is 13.9 Å². The predicted octanol–water partition coefficient (Wildman–Crippen LogP) is 3.38. The molecule has 0 amide bonds. The molecule has 1 aliphatic rings. The van der Waals surface area contributed by atoms with Gasteiger partial charge < -0.3 is 14.6 Å². The maximum atomic E-state index is 13.2. The van der Waals surface area contributed by atoms with E-state index in [0.717, 1.165) is 16.7 Å². The fourth-order valence-electron chi connectivity index (χ4n) is 4.12. The number of aromatic hydroxyl groups is 1. The highest BCUT2D eigenvalue weighted by molar-refractivity contribution is 7.91. The number of thiophene rings is 1. The van der Waals surface area contributed by atoms with Crippen LogP contribution in [0.4, 0.5) is 5.69 Å². The lowest BCUT2D eigenvalue weighted by Gasteiger charge is -2.42. The summed E-state index contributed by atoms with van der Waals surface area (Å²) in [6.45, 7) is 1.93. The topological polar surface area (TPSA) is 78.7 Å². The van der Waals surface area contributed by atoms with Crippen LogP contribution in [-0.4, -0.2) is 53.1 Å². The molecule has 5 rings (SSSR count). The molecular formula is C22H22N4O3S2. The monoisotopic (exact) mass is 454 g/mol. The molecule has 31 heavy (non-hydrogen) atoms. The summed E-state index contributed by atoms with van der Waals surface area (Å²) in [6.07, 6.45) is 3.77. The van der Waals surface area contributed by atoms with E-state index < -0.39 is 10.0 Å². The SMILES string of the molecule is O=S(=O)(c1cccs1)N1CCN(c2ccc(O)cc2)[C@@H](Cn2ccc3cccnc32)C1. The molecule has 0 spiro atoms. The van der Waals surface area contributed by atoms with Crippen molar-refractivity contribution in [3.8, 4) is 5.75 Å². The Balaban J connectivity index is 1.49. The van der Waals surface area contributed by atoms with Gasteiger partial charge in [0.15, 0.2) is 0 Å². The van der Waals surface area contributed by atoms with Gasteiger partial charge in [-0.2, -0.15) is 4.31 Å². The van der Waals surface area contributed by atoms with Crippen LogP contribution in [0.15, 0.2) is 76.6 Å². The largest absolute Gasteiger partial charge is 0.508 e. The Bertz CT molecular complexity index is 1280. The second kappa shape index (κ2) is 7.99. The summed E-state index contributed by atoms with van der Waals surface area (Å²) in [7, 11) is -3.53. The molecule has 0 saturated carbocycles. The average Bonchev–Trinajstić information content (AvgIpc) is 3.46. The van der Waals surface area contributed by atoms with Crippen LogP contribution in [0.1, 0.15) is 0 Å². The minimum atomic E-state index is -3.53. The van der Waals surface area contributed by atoms with Crippen molar-refractivity contribution < 1.29 is 13.5 Å². The molecule has 1 fully saturated rings. The number of hydrogen-bond acceptors (Lipinski definition) is 6. The minimum Gasteiger partial charge on any atom is -0.508 e. The highest BCUT2D eigenvalue weighted by Gasteiger charge is 2.35. The Morgan fingerprint density at radius 3 is 2.68 bits per heavy atom. The van der Waals surface area contributed by atoms with Crippen LogP contribution >= 0.6 is 11.3 Å². The van der Waals surface area contributed by atoms with Crippen molar-refractivity contribution in [3.05, 3.63) is 72.4 Å². The molecule has 0 bridgehead atoms. The first-order valence-corrected chi connectivity index (χ1v) is 12.3. The molecule has 7 nitrogen and oxygen atoms in total. The van der Waals surface area contributed by atoms with Gasteiger partial charge in [-0.3, -0.25) is 0 Å². The van der Waals surface area contributed by atoms with Gasteiger partial charge in [-0.15, -0.1) is 11.3 Å². The summed E-state index contributed by atoms with van der Waals surface area (Å²) in [5, 5.41) is 12.5. The number of nitrogens with zero attached hydrogens (tertiary/aromatic N) is 4. The summed E-state index contributed by atoms with van der Waals surface area (Å²) in [5.74, 6) is 0.208. The van der Waals surface area contributed by atoms with Crippen LogP contribution in [0, 0.1) is 0 Å². The molecular weight excluding hydrogens is 432 g/mol. The van der Waals surface area contributed by atoms with E-state index in [4.69, 9.17) is 0 Å². The Morgan fingerprint density at radius 1 is 1.06 bits per heavy atom. The zero-order valence-electron chi connectivity index (χ0n) is 16.7. The summed E-state index contributed by atoms with van der Waals surface area (Å²) in [4.78, 5) is 6.72. The first-order valence-electron chi connectivity index (χ1n) is 10.0. The molecule has 1 atom stereocenters. The number of phenolic OH excluding ortho intramolecular Hbond substituents is 1. The number of piperazine rings is 1. The van der Waals surface area contributed by atoms with Gasteiger partial charge in [0.05, 0.1) is 6.04 Å². The van der Waals surface area contributed by atoms with Crippen molar-refractivity contribution >= 4 is 38.1 Å². The highest BCUT2D eigenvalue weighted by Crippen LogP contribution is 2.28. The third kappa shape index (κ3) is 3.80. The van der Waals surface area contributed by atoms with E-state index in [1.165, 1.54) is 11.3 Å². The maximum Gasteiger partial charge on any atom is 0.252 e. The molecule has 0 unspecified atom stereocenters. The van der Waals surface area contributed by atoms with Gasteiger partial charge in [0.1, 0.15) is 15.6 Å². The Labute approximate surface area is 184 Å². The van der Waals surface area contributed by atoms with E-state index in [1.807, 2.05) is 36.5 Å². The van der Waals surface area contributed by atoms with E-state index in [1.54, 1.807) is 40.1 Å². The normalized spacial score (nSPS) is 17.9. The van der Waals surface area contributed by atoms with Gasteiger partial charge in [-0.25, -0.2) is 13.4 Å². The lowest BCUT2D eigenvalue weighted by Crippen LogP contribution is -2.56. The number of aromatic nitrogens is 2. The smallest absolute Gasteiger partial charge is 0.252 e. The summed E-state index contributed by atoms with van der Waals surface area (Å²) >= 11 is 1.24. The molecule has 1 saturated heterocycles. The maximum absolute atomic E-state index is 13.2. The molecule has 0 aliphatic carbocycles. The van der Waals surface area contributed by atoms with Crippen molar-refractivity contribution in [2.45, 2.75) is 16.8 Å². The van der Waals surface area contributed by atoms with Gasteiger partial charge in [0.2, 0.25) is 0 Å². The second-order valence-corrected chi connectivity index (χ2v) is 10.7. The lowest BCUT2D eigenvalue weighted by atomic mass is 10.1. The van der Waals surface area contributed by atoms with Gasteiger partial charge in [-0.05, 0) is 53.9 Å². The van der Waals surface area contributed by atoms with Gasteiger partial charge in [0, 0.05) is 49.6 Å². The summed E-state index contributed by atoms with van der Waals surface area (Å²) < 4.78 is 30.4. The van der Waals surface area contributed by atoms with E-state index in [0.29, 0.717) is 30.4 Å². The van der Waals surface area contributed by atoms with Crippen molar-refractivity contribution in [1.29, 1.82) is 0 Å². The molecule has 3 aromatic heterocycles. The zero-order valence-corrected chi connectivity index (χ0v) is 18.3. The molecule has 4 heterocycles. The third-order valence-corrected chi connectivity index (χ3v) is 8.88. The van der Waals surface area contributed by atoms with Crippen molar-refractivity contribution in [2.24, 2.45) is 0 Å². The molecule has 4 aromatic rings. The van der Waals surface area contributed by atoms with Crippen molar-refractivity contribution in [2.75, 3.05) is 24.5 Å². The van der Waals surface area contributed by atoms with Crippen LogP contribution in [0.25, 0.3) is 11.0 Å². The van der Waals surface area contributed by atoms with Gasteiger partial charge >= 0.3 is 0 Å². The Morgan fingerprint density at radius 2 is 1.90 bits per heavy atom. The molecule has 9 heteroatoms. The number of benzene rings is 1. The fourth-order valence-corrected chi connectivity index (χ4v) is 6.73. The highest BCUT2D eigenvalue weighted by atomic mass is 32.2. The summed E-state index contributed by atoms with van der Waals surface area (Å²) in [6, 6.07) is 16.3. The molecule has 1 aliphatic heterocycles. The number of phenols is 1. The van der Waals surface area contributed by atoms with Gasteiger partial charge in [-0.1, -0.05) is 6.07 Å². The summed E-state index contributed by atoms with van der Waals surface area (Å²) in [5.41, 5.74) is 1.84. The second-order valence-electron chi connectivity index (χ2n) is 7.54. The Kier molecular flexibility index (Phi) is 5.17. The number of fused-ring (bicyclic) bond motifs is 1. The van der Waals surface area contributed by atoms with Crippen LogP contribution in [0.5, 0.6) is 5.75 Å². The number of rotatable bonds is 5. The zero-order chi connectivity index (χ0) is 21.4. The van der Waals surface area contributed by atoms with E-state index in [-0.39, 0.29) is 11.8 Å². The Hall–Kier alpha value is -2.88.